The average Bonchev–Trinajstić information content (AvgIpc) is 2.40. The highest BCUT2D eigenvalue weighted by molar-refractivity contribution is 5.45. The van der Waals surface area contributed by atoms with Gasteiger partial charge in [0.05, 0.1) is 7.11 Å². The number of methoxy groups -OCH3 is 1. The Balaban J connectivity index is 2.35. The van der Waals surface area contributed by atoms with E-state index >= 15 is 0 Å². The van der Waals surface area contributed by atoms with Gasteiger partial charge in [-0.05, 0) is 24.3 Å². The second-order valence-electron chi connectivity index (χ2n) is 3.22. The van der Waals surface area contributed by atoms with Crippen LogP contribution in [0, 0.1) is 11.3 Å². The van der Waals surface area contributed by atoms with Crippen molar-refractivity contribution in [2.24, 2.45) is 0 Å². The molecule has 0 saturated carbocycles. The first-order valence-electron chi connectivity index (χ1n) is 5.01. The molecule has 0 atom stereocenters. The molecular formula is C13H10N2O2. The third kappa shape index (κ3) is 2.34. The van der Waals surface area contributed by atoms with E-state index in [4.69, 9.17) is 14.7 Å². The van der Waals surface area contributed by atoms with E-state index in [1.54, 1.807) is 37.6 Å². The number of benzene rings is 1. The highest BCUT2D eigenvalue weighted by atomic mass is 16.5. The number of pyridine rings is 1. The molecule has 0 aliphatic rings. The lowest BCUT2D eigenvalue weighted by atomic mass is 10.3. The Kier molecular flexibility index (Phi) is 3.22. The number of para-hydroxylation sites is 2. The zero-order valence-electron chi connectivity index (χ0n) is 9.25. The summed E-state index contributed by atoms with van der Waals surface area (Å²) in [6.07, 6.45) is 1.57. The fraction of sp³-hybridized carbons (Fsp3) is 0.0769. The molecular weight excluding hydrogens is 216 g/mol. The van der Waals surface area contributed by atoms with Gasteiger partial charge in [0.15, 0.2) is 11.5 Å². The zero-order chi connectivity index (χ0) is 12.1. The standard InChI is InChI=1S/C13H10N2O2/c1-16-11-6-2-3-7-12(11)17-13-10(9-14)5-4-8-15-13/h2-8H,1H3. The predicted molar refractivity (Wildman–Crippen MR) is 62.0 cm³/mol. The fourth-order valence-corrected chi connectivity index (χ4v) is 1.36. The van der Waals surface area contributed by atoms with Gasteiger partial charge >= 0.3 is 0 Å². The molecule has 17 heavy (non-hydrogen) atoms. The van der Waals surface area contributed by atoms with Crippen LogP contribution in [0.25, 0.3) is 0 Å². The number of nitriles is 1. The van der Waals surface area contributed by atoms with Crippen molar-refractivity contribution in [2.45, 2.75) is 0 Å². The summed E-state index contributed by atoms with van der Waals surface area (Å²) in [5, 5.41) is 8.92. The van der Waals surface area contributed by atoms with E-state index in [2.05, 4.69) is 4.98 Å². The van der Waals surface area contributed by atoms with Crippen LogP contribution in [0.3, 0.4) is 0 Å². The maximum atomic E-state index is 8.92. The second-order valence-corrected chi connectivity index (χ2v) is 3.22. The lowest BCUT2D eigenvalue weighted by Gasteiger charge is -2.09. The van der Waals surface area contributed by atoms with Crippen molar-refractivity contribution in [2.75, 3.05) is 7.11 Å². The van der Waals surface area contributed by atoms with Crippen molar-refractivity contribution < 1.29 is 9.47 Å². The van der Waals surface area contributed by atoms with E-state index in [-0.39, 0.29) is 5.88 Å². The Hall–Kier alpha value is -2.54. The summed E-state index contributed by atoms with van der Waals surface area (Å²) in [7, 11) is 1.56. The largest absolute Gasteiger partial charge is 0.493 e. The van der Waals surface area contributed by atoms with Crippen molar-refractivity contribution in [3.05, 3.63) is 48.2 Å². The number of hydrogen-bond donors (Lipinski definition) is 0. The molecule has 1 heterocycles. The highest BCUT2D eigenvalue weighted by Crippen LogP contribution is 2.30. The number of aromatic nitrogens is 1. The maximum absolute atomic E-state index is 8.92. The Morgan fingerprint density at radius 2 is 1.88 bits per heavy atom. The molecule has 2 aromatic rings. The molecule has 0 N–H and O–H groups in total. The molecule has 0 bridgehead atoms. The van der Waals surface area contributed by atoms with Gasteiger partial charge in [0.1, 0.15) is 11.6 Å². The normalized spacial score (nSPS) is 9.41. The predicted octanol–water partition coefficient (Wildman–Crippen LogP) is 2.75. The van der Waals surface area contributed by atoms with E-state index in [1.807, 2.05) is 18.2 Å². The molecule has 0 unspecified atom stereocenters. The van der Waals surface area contributed by atoms with Gasteiger partial charge < -0.3 is 9.47 Å². The molecule has 4 nitrogen and oxygen atoms in total. The van der Waals surface area contributed by atoms with Gasteiger partial charge in [0, 0.05) is 6.20 Å². The Morgan fingerprint density at radius 1 is 1.12 bits per heavy atom. The molecule has 4 heteroatoms. The Bertz CT molecular complexity index is 561. The Labute approximate surface area is 99.1 Å². The minimum absolute atomic E-state index is 0.277. The van der Waals surface area contributed by atoms with Crippen LogP contribution < -0.4 is 9.47 Å². The average molecular weight is 226 g/mol. The minimum atomic E-state index is 0.277. The van der Waals surface area contributed by atoms with E-state index < -0.39 is 0 Å². The first-order chi connectivity index (χ1) is 8.35. The fourth-order valence-electron chi connectivity index (χ4n) is 1.36. The summed E-state index contributed by atoms with van der Waals surface area (Å²) in [4.78, 5) is 4.02. The maximum Gasteiger partial charge on any atom is 0.237 e. The molecule has 0 fully saturated rings. The van der Waals surface area contributed by atoms with Crippen molar-refractivity contribution >= 4 is 0 Å². The van der Waals surface area contributed by atoms with Crippen LogP contribution in [-0.4, -0.2) is 12.1 Å². The van der Waals surface area contributed by atoms with Gasteiger partial charge in [-0.2, -0.15) is 5.26 Å². The van der Waals surface area contributed by atoms with Crippen LogP contribution in [0.15, 0.2) is 42.6 Å². The lowest BCUT2D eigenvalue weighted by Crippen LogP contribution is -1.93. The van der Waals surface area contributed by atoms with Crippen LogP contribution in [0.4, 0.5) is 0 Å². The van der Waals surface area contributed by atoms with Crippen LogP contribution in [0.2, 0.25) is 0 Å². The number of hydrogen-bond acceptors (Lipinski definition) is 4. The summed E-state index contributed by atoms with van der Waals surface area (Å²) < 4.78 is 10.7. The van der Waals surface area contributed by atoms with Crippen molar-refractivity contribution in [1.29, 1.82) is 5.26 Å². The first-order valence-corrected chi connectivity index (χ1v) is 5.01. The molecule has 0 aliphatic heterocycles. The van der Waals surface area contributed by atoms with Crippen LogP contribution in [0.5, 0.6) is 17.4 Å². The summed E-state index contributed by atoms with van der Waals surface area (Å²) in [5.74, 6) is 1.41. The third-order valence-corrected chi connectivity index (χ3v) is 2.17. The van der Waals surface area contributed by atoms with Gasteiger partial charge in [-0.3, -0.25) is 0 Å². The highest BCUT2D eigenvalue weighted by Gasteiger charge is 2.08. The molecule has 0 spiro atoms. The Morgan fingerprint density at radius 3 is 2.59 bits per heavy atom. The molecule has 1 aromatic heterocycles. The number of nitrogens with zero attached hydrogens (tertiary/aromatic N) is 2. The van der Waals surface area contributed by atoms with Gasteiger partial charge in [-0.1, -0.05) is 12.1 Å². The molecule has 0 radical (unpaired) electrons. The summed E-state index contributed by atoms with van der Waals surface area (Å²) in [6.45, 7) is 0. The molecule has 0 amide bonds. The SMILES string of the molecule is COc1ccccc1Oc1ncccc1C#N. The summed E-state index contributed by atoms with van der Waals surface area (Å²) in [5.41, 5.74) is 0.387. The smallest absolute Gasteiger partial charge is 0.237 e. The van der Waals surface area contributed by atoms with Crippen LogP contribution in [0.1, 0.15) is 5.56 Å². The van der Waals surface area contributed by atoms with E-state index in [9.17, 15) is 0 Å². The van der Waals surface area contributed by atoms with E-state index in [0.717, 1.165) is 0 Å². The van der Waals surface area contributed by atoms with Gasteiger partial charge in [-0.15, -0.1) is 0 Å². The minimum Gasteiger partial charge on any atom is -0.493 e. The molecule has 0 saturated heterocycles. The zero-order valence-corrected chi connectivity index (χ0v) is 9.25. The molecule has 84 valence electrons. The van der Waals surface area contributed by atoms with Crippen molar-refractivity contribution in [3.8, 4) is 23.4 Å². The van der Waals surface area contributed by atoms with E-state index in [0.29, 0.717) is 17.1 Å². The first kappa shape index (κ1) is 11.0. The van der Waals surface area contributed by atoms with Gasteiger partial charge in [0.25, 0.3) is 0 Å². The number of rotatable bonds is 3. The van der Waals surface area contributed by atoms with Crippen LogP contribution >= 0.6 is 0 Å². The molecule has 0 aliphatic carbocycles. The monoisotopic (exact) mass is 226 g/mol. The summed E-state index contributed by atoms with van der Waals surface area (Å²) >= 11 is 0. The van der Waals surface area contributed by atoms with E-state index in [1.165, 1.54) is 0 Å². The van der Waals surface area contributed by atoms with Gasteiger partial charge in [-0.25, -0.2) is 4.98 Å². The summed E-state index contributed by atoms with van der Waals surface area (Å²) in [6, 6.07) is 12.6. The lowest BCUT2D eigenvalue weighted by molar-refractivity contribution is 0.374. The number of ether oxygens (including phenoxy) is 2. The second kappa shape index (κ2) is 4.99. The molecule has 2 rings (SSSR count). The third-order valence-electron chi connectivity index (χ3n) is 2.17. The topological polar surface area (TPSA) is 55.1 Å². The van der Waals surface area contributed by atoms with Crippen molar-refractivity contribution in [3.63, 3.8) is 0 Å². The van der Waals surface area contributed by atoms with Crippen molar-refractivity contribution in [1.82, 2.24) is 4.98 Å². The van der Waals surface area contributed by atoms with Gasteiger partial charge in [0.2, 0.25) is 5.88 Å². The van der Waals surface area contributed by atoms with Crippen LogP contribution in [-0.2, 0) is 0 Å². The molecule has 1 aromatic carbocycles. The quantitative estimate of drug-likeness (QED) is 0.807.